The first-order valence-electron chi connectivity index (χ1n) is 6.51. The fourth-order valence-electron chi connectivity index (χ4n) is 1.64. The van der Waals surface area contributed by atoms with E-state index in [2.05, 4.69) is 27.2 Å². The molecule has 0 aliphatic carbocycles. The second-order valence-electron chi connectivity index (χ2n) is 4.37. The SMILES string of the molecule is Cn1ccc(CNC(=O)c2ccc(C#CCCO)cn2)n1. The van der Waals surface area contributed by atoms with E-state index in [9.17, 15) is 4.79 Å². The van der Waals surface area contributed by atoms with Gasteiger partial charge in [0, 0.05) is 31.4 Å². The molecule has 0 unspecified atom stereocenters. The van der Waals surface area contributed by atoms with Gasteiger partial charge in [-0.1, -0.05) is 11.8 Å². The summed E-state index contributed by atoms with van der Waals surface area (Å²) >= 11 is 0. The molecule has 0 fully saturated rings. The van der Waals surface area contributed by atoms with Gasteiger partial charge in [0.2, 0.25) is 0 Å². The molecular weight excluding hydrogens is 268 g/mol. The van der Waals surface area contributed by atoms with Gasteiger partial charge in [-0.05, 0) is 18.2 Å². The third-order valence-electron chi connectivity index (χ3n) is 2.66. The van der Waals surface area contributed by atoms with Crippen molar-refractivity contribution in [2.75, 3.05) is 6.61 Å². The van der Waals surface area contributed by atoms with Crippen LogP contribution >= 0.6 is 0 Å². The van der Waals surface area contributed by atoms with Crippen molar-refractivity contribution in [2.45, 2.75) is 13.0 Å². The van der Waals surface area contributed by atoms with Gasteiger partial charge in [0.25, 0.3) is 5.91 Å². The van der Waals surface area contributed by atoms with E-state index in [0.717, 1.165) is 5.69 Å². The molecule has 2 N–H and O–H groups in total. The van der Waals surface area contributed by atoms with Crippen molar-refractivity contribution in [2.24, 2.45) is 7.05 Å². The summed E-state index contributed by atoms with van der Waals surface area (Å²) in [5, 5.41) is 15.6. The molecule has 2 aromatic rings. The zero-order chi connectivity index (χ0) is 15.1. The van der Waals surface area contributed by atoms with Crippen LogP contribution in [-0.2, 0) is 13.6 Å². The Morgan fingerprint density at radius 1 is 1.43 bits per heavy atom. The van der Waals surface area contributed by atoms with Gasteiger partial charge in [-0.3, -0.25) is 9.48 Å². The predicted molar refractivity (Wildman–Crippen MR) is 77.2 cm³/mol. The number of rotatable bonds is 4. The molecular formula is C15H16N4O2. The molecule has 0 atom stereocenters. The van der Waals surface area contributed by atoms with Crippen LogP contribution in [0.3, 0.4) is 0 Å². The number of hydrogen-bond acceptors (Lipinski definition) is 4. The van der Waals surface area contributed by atoms with Crippen LogP contribution in [0.25, 0.3) is 0 Å². The molecule has 0 aromatic carbocycles. The molecule has 0 radical (unpaired) electrons. The van der Waals surface area contributed by atoms with Crippen molar-refractivity contribution in [1.29, 1.82) is 0 Å². The maximum atomic E-state index is 11.9. The number of aliphatic hydroxyl groups is 1. The highest BCUT2D eigenvalue weighted by atomic mass is 16.2. The van der Waals surface area contributed by atoms with Gasteiger partial charge in [-0.2, -0.15) is 5.10 Å². The lowest BCUT2D eigenvalue weighted by Gasteiger charge is -2.02. The van der Waals surface area contributed by atoms with E-state index < -0.39 is 0 Å². The molecule has 0 aliphatic heterocycles. The average molecular weight is 284 g/mol. The standard InChI is InChI=1S/C15H16N4O2/c1-19-8-7-13(18-19)11-17-15(21)14-6-5-12(10-16-14)4-2-3-9-20/h5-8,10,20H,3,9,11H2,1H3,(H,17,21). The molecule has 0 bridgehead atoms. The van der Waals surface area contributed by atoms with E-state index in [1.165, 1.54) is 0 Å². The summed E-state index contributed by atoms with van der Waals surface area (Å²) in [5.41, 5.74) is 1.83. The molecule has 6 nitrogen and oxygen atoms in total. The number of carbonyl (C=O) groups is 1. The van der Waals surface area contributed by atoms with Crippen LogP contribution in [-0.4, -0.2) is 32.4 Å². The highest BCUT2D eigenvalue weighted by Gasteiger charge is 2.07. The van der Waals surface area contributed by atoms with Crippen molar-refractivity contribution >= 4 is 5.91 Å². The lowest BCUT2D eigenvalue weighted by Crippen LogP contribution is -2.24. The molecule has 0 spiro atoms. The molecule has 2 heterocycles. The first-order valence-corrected chi connectivity index (χ1v) is 6.51. The molecule has 6 heteroatoms. The number of aliphatic hydroxyl groups excluding tert-OH is 1. The van der Waals surface area contributed by atoms with Gasteiger partial charge in [0.15, 0.2) is 0 Å². The Balaban J connectivity index is 1.92. The average Bonchev–Trinajstić information content (AvgIpc) is 2.91. The minimum absolute atomic E-state index is 0.0362. The van der Waals surface area contributed by atoms with Crippen LogP contribution < -0.4 is 5.32 Å². The Morgan fingerprint density at radius 3 is 2.90 bits per heavy atom. The van der Waals surface area contributed by atoms with Crippen molar-refractivity contribution in [3.8, 4) is 11.8 Å². The smallest absolute Gasteiger partial charge is 0.270 e. The minimum atomic E-state index is -0.254. The zero-order valence-corrected chi connectivity index (χ0v) is 11.7. The summed E-state index contributed by atoms with van der Waals surface area (Å²) in [7, 11) is 1.82. The Hall–Kier alpha value is -2.65. The summed E-state index contributed by atoms with van der Waals surface area (Å²) in [6.45, 7) is 0.397. The summed E-state index contributed by atoms with van der Waals surface area (Å²) < 4.78 is 1.68. The van der Waals surface area contributed by atoms with Crippen LogP contribution in [0.1, 0.15) is 28.2 Å². The number of aromatic nitrogens is 3. The highest BCUT2D eigenvalue weighted by molar-refractivity contribution is 5.92. The summed E-state index contributed by atoms with van der Waals surface area (Å²) in [4.78, 5) is 16.0. The lowest BCUT2D eigenvalue weighted by atomic mass is 10.2. The van der Waals surface area contributed by atoms with Crippen LogP contribution in [0.5, 0.6) is 0 Å². The van der Waals surface area contributed by atoms with Gasteiger partial charge < -0.3 is 10.4 Å². The van der Waals surface area contributed by atoms with Crippen LogP contribution in [0, 0.1) is 11.8 Å². The number of aryl methyl sites for hydroxylation is 1. The fraction of sp³-hybridized carbons (Fsp3) is 0.267. The fourth-order valence-corrected chi connectivity index (χ4v) is 1.64. The van der Waals surface area contributed by atoms with Crippen molar-refractivity contribution in [1.82, 2.24) is 20.1 Å². The number of amides is 1. The van der Waals surface area contributed by atoms with Gasteiger partial charge >= 0.3 is 0 Å². The second kappa shape index (κ2) is 7.22. The number of carbonyl (C=O) groups excluding carboxylic acids is 1. The van der Waals surface area contributed by atoms with Gasteiger partial charge in [-0.15, -0.1) is 0 Å². The monoisotopic (exact) mass is 284 g/mol. The number of nitrogens with one attached hydrogen (secondary N) is 1. The molecule has 108 valence electrons. The Kier molecular flexibility index (Phi) is 5.07. The normalized spacial score (nSPS) is 9.81. The summed E-state index contributed by atoms with van der Waals surface area (Å²) in [6, 6.07) is 5.19. The first-order chi connectivity index (χ1) is 10.2. The number of nitrogens with zero attached hydrogens (tertiary/aromatic N) is 3. The Bertz CT molecular complexity index is 665. The zero-order valence-electron chi connectivity index (χ0n) is 11.7. The largest absolute Gasteiger partial charge is 0.395 e. The maximum absolute atomic E-state index is 11.9. The van der Waals surface area contributed by atoms with Crippen LogP contribution in [0.4, 0.5) is 0 Å². The van der Waals surface area contributed by atoms with Crippen LogP contribution in [0.15, 0.2) is 30.6 Å². The van der Waals surface area contributed by atoms with Crippen molar-refractivity contribution < 1.29 is 9.90 Å². The summed E-state index contributed by atoms with van der Waals surface area (Å²) in [5.74, 6) is 5.40. The topological polar surface area (TPSA) is 80.0 Å². The van der Waals surface area contributed by atoms with Gasteiger partial charge in [0.1, 0.15) is 5.69 Å². The predicted octanol–water partition coefficient (Wildman–Crippen LogP) is 0.479. The highest BCUT2D eigenvalue weighted by Crippen LogP contribution is 2.00. The van der Waals surface area contributed by atoms with Crippen LogP contribution in [0.2, 0.25) is 0 Å². The lowest BCUT2D eigenvalue weighted by molar-refractivity contribution is 0.0945. The second-order valence-corrected chi connectivity index (χ2v) is 4.37. The van der Waals surface area contributed by atoms with Crippen molar-refractivity contribution in [3.63, 3.8) is 0 Å². The molecule has 0 saturated carbocycles. The Morgan fingerprint density at radius 2 is 2.29 bits per heavy atom. The first kappa shape index (κ1) is 14.8. The van der Waals surface area contributed by atoms with E-state index in [4.69, 9.17) is 5.11 Å². The molecule has 0 aliphatic rings. The number of pyridine rings is 1. The molecule has 0 saturated heterocycles. The van der Waals surface area contributed by atoms with Crippen molar-refractivity contribution in [3.05, 3.63) is 47.5 Å². The van der Waals surface area contributed by atoms with E-state index in [1.807, 2.05) is 19.3 Å². The minimum Gasteiger partial charge on any atom is -0.395 e. The quantitative estimate of drug-likeness (QED) is 0.800. The molecule has 21 heavy (non-hydrogen) atoms. The van der Waals surface area contributed by atoms with E-state index in [-0.39, 0.29) is 12.5 Å². The van der Waals surface area contributed by atoms with Gasteiger partial charge in [-0.25, -0.2) is 4.98 Å². The Labute approximate surface area is 122 Å². The maximum Gasteiger partial charge on any atom is 0.270 e. The summed E-state index contributed by atoms with van der Waals surface area (Å²) in [6.07, 6.45) is 3.78. The molecule has 2 aromatic heterocycles. The third-order valence-corrected chi connectivity index (χ3v) is 2.66. The third kappa shape index (κ3) is 4.44. The van der Waals surface area contributed by atoms with Gasteiger partial charge in [0.05, 0.1) is 18.8 Å². The number of hydrogen-bond donors (Lipinski definition) is 2. The van der Waals surface area contributed by atoms with E-state index in [0.29, 0.717) is 24.2 Å². The van der Waals surface area contributed by atoms with E-state index in [1.54, 1.807) is 23.0 Å². The van der Waals surface area contributed by atoms with E-state index >= 15 is 0 Å². The molecule has 1 amide bonds. The molecule has 2 rings (SSSR count).